The van der Waals surface area contributed by atoms with Crippen molar-refractivity contribution in [2.45, 2.75) is 19.4 Å². The molecule has 19 heavy (non-hydrogen) atoms. The van der Waals surface area contributed by atoms with Gasteiger partial charge in [0.1, 0.15) is 0 Å². The topological polar surface area (TPSA) is 72.9 Å². The van der Waals surface area contributed by atoms with Gasteiger partial charge in [0.25, 0.3) is 0 Å². The van der Waals surface area contributed by atoms with E-state index in [9.17, 15) is 4.79 Å². The number of nitrogens with zero attached hydrogens (tertiary/aromatic N) is 2. The number of carbonyl (C=O) groups is 1. The number of rotatable bonds is 7. The molecule has 0 saturated heterocycles. The van der Waals surface area contributed by atoms with Crippen molar-refractivity contribution in [2.75, 3.05) is 6.54 Å². The van der Waals surface area contributed by atoms with Crippen LogP contribution in [0.2, 0.25) is 0 Å². The van der Waals surface area contributed by atoms with Crippen LogP contribution in [0.1, 0.15) is 18.4 Å². The molecule has 5 nitrogen and oxygen atoms in total. The summed E-state index contributed by atoms with van der Waals surface area (Å²) >= 11 is 0. The highest BCUT2D eigenvalue weighted by molar-refractivity contribution is 5.73. The molecule has 2 aromatic rings. The zero-order valence-corrected chi connectivity index (χ0v) is 10.7. The van der Waals surface area contributed by atoms with Crippen LogP contribution in [-0.2, 0) is 11.3 Å². The number of hydrogen-bond acceptors (Lipinski definition) is 3. The Labute approximate surface area is 112 Å². The second kappa shape index (κ2) is 6.70. The summed E-state index contributed by atoms with van der Waals surface area (Å²) in [6.45, 7) is 1.52. The van der Waals surface area contributed by atoms with Crippen LogP contribution in [0.25, 0.3) is 5.69 Å². The van der Waals surface area contributed by atoms with Crippen LogP contribution in [0.15, 0.2) is 42.7 Å². The first-order valence-electron chi connectivity index (χ1n) is 6.34. The molecule has 1 aromatic carbocycles. The van der Waals surface area contributed by atoms with Crippen LogP contribution in [0.4, 0.5) is 0 Å². The summed E-state index contributed by atoms with van der Waals surface area (Å²) in [6.07, 6.45) is 5.03. The molecule has 0 aliphatic carbocycles. The van der Waals surface area contributed by atoms with E-state index >= 15 is 0 Å². The van der Waals surface area contributed by atoms with E-state index in [2.05, 4.69) is 10.4 Å². The fourth-order valence-electron chi connectivity index (χ4n) is 1.79. The van der Waals surface area contributed by atoms with Crippen molar-refractivity contribution < 1.29 is 4.79 Å². The summed E-state index contributed by atoms with van der Waals surface area (Å²) in [4.78, 5) is 10.6. The summed E-state index contributed by atoms with van der Waals surface area (Å²) in [7, 11) is 0. The van der Waals surface area contributed by atoms with Crippen LogP contribution in [0.5, 0.6) is 0 Å². The first-order chi connectivity index (χ1) is 9.25. The Bertz CT molecular complexity index is 521. The fourth-order valence-corrected chi connectivity index (χ4v) is 1.79. The second-order valence-electron chi connectivity index (χ2n) is 4.38. The van der Waals surface area contributed by atoms with Crippen molar-refractivity contribution in [3.8, 4) is 5.69 Å². The highest BCUT2D eigenvalue weighted by Gasteiger charge is 2.00. The van der Waals surface area contributed by atoms with Gasteiger partial charge < -0.3 is 11.1 Å². The van der Waals surface area contributed by atoms with E-state index in [1.807, 2.05) is 47.4 Å². The third kappa shape index (κ3) is 4.22. The van der Waals surface area contributed by atoms with E-state index in [0.29, 0.717) is 6.42 Å². The first-order valence-corrected chi connectivity index (χ1v) is 6.34. The number of para-hydroxylation sites is 1. The van der Waals surface area contributed by atoms with Crippen LogP contribution in [0, 0.1) is 0 Å². The van der Waals surface area contributed by atoms with E-state index < -0.39 is 0 Å². The smallest absolute Gasteiger partial charge is 0.217 e. The number of benzene rings is 1. The molecular weight excluding hydrogens is 240 g/mol. The minimum atomic E-state index is -0.251. The Morgan fingerprint density at radius 1 is 1.32 bits per heavy atom. The third-order valence-electron chi connectivity index (χ3n) is 2.76. The lowest BCUT2D eigenvalue weighted by molar-refractivity contribution is -0.118. The molecule has 0 saturated carbocycles. The number of aromatic nitrogens is 2. The predicted molar refractivity (Wildman–Crippen MR) is 73.7 cm³/mol. The number of carbonyl (C=O) groups excluding carboxylic acids is 1. The predicted octanol–water partition coefficient (Wildman–Crippen LogP) is 1.23. The SMILES string of the molecule is NC(=O)CCCNCc1cnn(-c2ccccc2)c1. The van der Waals surface area contributed by atoms with Crippen molar-refractivity contribution in [2.24, 2.45) is 5.73 Å². The average Bonchev–Trinajstić information content (AvgIpc) is 2.88. The average molecular weight is 258 g/mol. The summed E-state index contributed by atoms with van der Waals surface area (Å²) < 4.78 is 1.85. The fraction of sp³-hybridized carbons (Fsp3) is 0.286. The number of nitrogens with one attached hydrogen (secondary N) is 1. The molecule has 0 radical (unpaired) electrons. The van der Waals surface area contributed by atoms with E-state index in [4.69, 9.17) is 5.73 Å². The molecule has 0 bridgehead atoms. The van der Waals surface area contributed by atoms with Crippen LogP contribution in [0.3, 0.4) is 0 Å². The van der Waals surface area contributed by atoms with Gasteiger partial charge in [-0.2, -0.15) is 5.10 Å². The Morgan fingerprint density at radius 3 is 2.84 bits per heavy atom. The van der Waals surface area contributed by atoms with E-state index in [1.54, 1.807) is 0 Å². The summed E-state index contributed by atoms with van der Waals surface area (Å²) in [5.41, 5.74) is 7.23. The van der Waals surface area contributed by atoms with Crippen LogP contribution >= 0.6 is 0 Å². The van der Waals surface area contributed by atoms with Crippen LogP contribution in [-0.4, -0.2) is 22.2 Å². The molecule has 1 heterocycles. The highest BCUT2D eigenvalue weighted by Crippen LogP contribution is 2.07. The standard InChI is InChI=1S/C14H18N4O/c15-14(19)7-4-8-16-9-12-10-17-18(11-12)13-5-2-1-3-6-13/h1-3,5-6,10-11,16H,4,7-9H2,(H2,15,19). The monoisotopic (exact) mass is 258 g/mol. The zero-order valence-electron chi connectivity index (χ0n) is 10.7. The highest BCUT2D eigenvalue weighted by atomic mass is 16.1. The van der Waals surface area contributed by atoms with Gasteiger partial charge in [-0.05, 0) is 25.1 Å². The minimum Gasteiger partial charge on any atom is -0.370 e. The Kier molecular flexibility index (Phi) is 4.69. The molecule has 3 N–H and O–H groups in total. The van der Waals surface area contributed by atoms with Crippen molar-refractivity contribution in [3.63, 3.8) is 0 Å². The molecule has 5 heteroatoms. The van der Waals surface area contributed by atoms with Crippen LogP contribution < -0.4 is 11.1 Å². The van der Waals surface area contributed by atoms with Crippen molar-refractivity contribution in [1.82, 2.24) is 15.1 Å². The Hall–Kier alpha value is -2.14. The molecule has 0 aliphatic heterocycles. The van der Waals surface area contributed by atoms with Gasteiger partial charge in [-0.3, -0.25) is 4.79 Å². The van der Waals surface area contributed by atoms with Gasteiger partial charge in [0.2, 0.25) is 5.91 Å². The van der Waals surface area contributed by atoms with Gasteiger partial charge in [-0.15, -0.1) is 0 Å². The van der Waals surface area contributed by atoms with Gasteiger partial charge in [0.05, 0.1) is 11.9 Å². The molecule has 100 valence electrons. The quantitative estimate of drug-likeness (QED) is 0.734. The second-order valence-corrected chi connectivity index (χ2v) is 4.38. The van der Waals surface area contributed by atoms with Gasteiger partial charge in [0, 0.05) is 24.7 Å². The molecule has 0 spiro atoms. The van der Waals surface area contributed by atoms with Gasteiger partial charge >= 0.3 is 0 Å². The zero-order chi connectivity index (χ0) is 13.5. The van der Waals surface area contributed by atoms with Gasteiger partial charge in [-0.1, -0.05) is 18.2 Å². The summed E-state index contributed by atoms with van der Waals surface area (Å²) in [6, 6.07) is 9.97. The normalized spacial score (nSPS) is 10.5. The van der Waals surface area contributed by atoms with Crippen molar-refractivity contribution in [1.29, 1.82) is 0 Å². The number of amides is 1. The molecule has 1 aromatic heterocycles. The number of primary amides is 1. The maximum Gasteiger partial charge on any atom is 0.217 e. The summed E-state index contributed by atoms with van der Waals surface area (Å²) in [5, 5.41) is 7.58. The molecule has 1 amide bonds. The third-order valence-corrected chi connectivity index (χ3v) is 2.76. The van der Waals surface area contributed by atoms with Gasteiger partial charge in [-0.25, -0.2) is 4.68 Å². The molecule has 0 atom stereocenters. The van der Waals surface area contributed by atoms with Gasteiger partial charge in [0.15, 0.2) is 0 Å². The van der Waals surface area contributed by atoms with Crippen molar-refractivity contribution >= 4 is 5.91 Å². The molecular formula is C14H18N4O. The molecule has 2 rings (SSSR count). The summed E-state index contributed by atoms with van der Waals surface area (Å²) in [5.74, 6) is -0.251. The number of nitrogens with two attached hydrogens (primary N) is 1. The molecule has 0 fully saturated rings. The maximum absolute atomic E-state index is 10.6. The first kappa shape index (κ1) is 13.3. The number of hydrogen-bond donors (Lipinski definition) is 2. The Morgan fingerprint density at radius 2 is 2.11 bits per heavy atom. The van der Waals surface area contributed by atoms with E-state index in [1.165, 1.54) is 0 Å². The largest absolute Gasteiger partial charge is 0.370 e. The lowest BCUT2D eigenvalue weighted by Crippen LogP contribution is -2.17. The van der Waals surface area contributed by atoms with E-state index in [-0.39, 0.29) is 5.91 Å². The maximum atomic E-state index is 10.6. The lowest BCUT2D eigenvalue weighted by Gasteiger charge is -2.01. The lowest BCUT2D eigenvalue weighted by atomic mass is 10.3. The molecule has 0 unspecified atom stereocenters. The van der Waals surface area contributed by atoms with Crippen molar-refractivity contribution in [3.05, 3.63) is 48.3 Å². The molecule has 0 aliphatic rings. The van der Waals surface area contributed by atoms with E-state index in [0.717, 1.165) is 30.8 Å². The Balaban J connectivity index is 1.80. The minimum absolute atomic E-state index is 0.251.